The first-order valence-electron chi connectivity index (χ1n) is 8.15. The molecule has 0 bridgehead atoms. The minimum absolute atomic E-state index is 0.0204. The largest absolute Gasteiger partial charge is 0.352 e. The standard InChI is InChI=1S/C17H18N4O4/c22-16(18-13-3-1-2-4-13)11-20-17(23)10-9-15(19-20)12-5-7-14(8-6-12)21(24)25/h5-10,13H,1-4,11H2,(H,18,22). The molecule has 0 atom stereocenters. The van der Waals surface area contributed by atoms with E-state index in [4.69, 9.17) is 0 Å². The predicted molar refractivity (Wildman–Crippen MR) is 91.0 cm³/mol. The summed E-state index contributed by atoms with van der Waals surface area (Å²) < 4.78 is 1.11. The Bertz CT molecular complexity index is 838. The summed E-state index contributed by atoms with van der Waals surface area (Å²) >= 11 is 0. The molecule has 130 valence electrons. The van der Waals surface area contributed by atoms with E-state index < -0.39 is 4.92 Å². The number of hydrogen-bond acceptors (Lipinski definition) is 5. The van der Waals surface area contributed by atoms with E-state index in [0.29, 0.717) is 11.3 Å². The molecule has 0 spiro atoms. The molecule has 1 aromatic heterocycles. The number of rotatable bonds is 5. The topological polar surface area (TPSA) is 107 Å². The first-order valence-corrected chi connectivity index (χ1v) is 8.15. The van der Waals surface area contributed by atoms with Crippen LogP contribution in [0.25, 0.3) is 11.3 Å². The lowest BCUT2D eigenvalue weighted by molar-refractivity contribution is -0.384. The molecule has 1 fully saturated rings. The van der Waals surface area contributed by atoms with E-state index in [-0.39, 0.29) is 29.7 Å². The van der Waals surface area contributed by atoms with E-state index in [1.807, 2.05) is 0 Å². The summed E-state index contributed by atoms with van der Waals surface area (Å²) in [6, 6.07) is 8.93. The van der Waals surface area contributed by atoms with E-state index in [1.165, 1.54) is 24.3 Å². The minimum Gasteiger partial charge on any atom is -0.352 e. The number of carbonyl (C=O) groups is 1. The number of aromatic nitrogens is 2. The van der Waals surface area contributed by atoms with Crippen molar-refractivity contribution >= 4 is 11.6 Å². The van der Waals surface area contributed by atoms with Gasteiger partial charge in [-0.3, -0.25) is 19.7 Å². The van der Waals surface area contributed by atoms with Crippen LogP contribution in [0.2, 0.25) is 0 Å². The van der Waals surface area contributed by atoms with Gasteiger partial charge in [-0.1, -0.05) is 12.8 Å². The number of amides is 1. The normalized spacial score (nSPS) is 14.4. The number of non-ortho nitro benzene ring substituents is 1. The number of carbonyl (C=O) groups excluding carboxylic acids is 1. The first-order chi connectivity index (χ1) is 12.0. The molecule has 8 heteroatoms. The van der Waals surface area contributed by atoms with Crippen molar-refractivity contribution in [1.82, 2.24) is 15.1 Å². The van der Waals surface area contributed by atoms with Crippen molar-refractivity contribution in [1.29, 1.82) is 0 Å². The quantitative estimate of drug-likeness (QED) is 0.659. The number of nitro groups is 1. The van der Waals surface area contributed by atoms with Gasteiger partial charge in [-0.2, -0.15) is 5.10 Å². The predicted octanol–water partition coefficient (Wildman–Crippen LogP) is 1.88. The Balaban J connectivity index is 1.76. The summed E-state index contributed by atoms with van der Waals surface area (Å²) in [7, 11) is 0. The van der Waals surface area contributed by atoms with Crippen molar-refractivity contribution in [3.05, 3.63) is 56.9 Å². The maximum Gasteiger partial charge on any atom is 0.269 e. The van der Waals surface area contributed by atoms with Gasteiger partial charge in [-0.15, -0.1) is 0 Å². The van der Waals surface area contributed by atoms with Gasteiger partial charge in [0, 0.05) is 29.8 Å². The molecule has 1 aliphatic carbocycles. The Kier molecular flexibility index (Phi) is 4.87. The van der Waals surface area contributed by atoms with Crippen molar-refractivity contribution < 1.29 is 9.72 Å². The monoisotopic (exact) mass is 342 g/mol. The first kappa shape index (κ1) is 16.8. The average molecular weight is 342 g/mol. The zero-order valence-corrected chi connectivity index (χ0v) is 13.6. The fourth-order valence-electron chi connectivity index (χ4n) is 2.95. The molecule has 1 N–H and O–H groups in total. The molecule has 1 saturated carbocycles. The molecule has 0 aliphatic heterocycles. The van der Waals surface area contributed by atoms with Crippen molar-refractivity contribution in [2.45, 2.75) is 38.3 Å². The van der Waals surface area contributed by atoms with Crippen LogP contribution in [0.3, 0.4) is 0 Å². The van der Waals surface area contributed by atoms with E-state index in [9.17, 15) is 19.7 Å². The van der Waals surface area contributed by atoms with Crippen LogP contribution in [0.5, 0.6) is 0 Å². The molecule has 1 amide bonds. The van der Waals surface area contributed by atoms with Gasteiger partial charge in [0.2, 0.25) is 5.91 Å². The molecule has 0 unspecified atom stereocenters. The summed E-state index contributed by atoms with van der Waals surface area (Å²) in [5.74, 6) is -0.234. The third kappa shape index (κ3) is 4.09. The number of nitrogens with zero attached hydrogens (tertiary/aromatic N) is 3. The van der Waals surface area contributed by atoms with E-state index >= 15 is 0 Å². The molecule has 2 aromatic rings. The van der Waals surface area contributed by atoms with Crippen molar-refractivity contribution in [3.63, 3.8) is 0 Å². The van der Waals surface area contributed by atoms with Crippen LogP contribution in [0.1, 0.15) is 25.7 Å². The Labute approximate surface area is 143 Å². The lowest BCUT2D eigenvalue weighted by Crippen LogP contribution is -2.38. The van der Waals surface area contributed by atoms with Crippen molar-refractivity contribution in [2.24, 2.45) is 0 Å². The summed E-state index contributed by atoms with van der Waals surface area (Å²) in [4.78, 5) is 34.3. The number of nitro benzene ring substituents is 1. The number of nitrogens with one attached hydrogen (secondary N) is 1. The third-order valence-electron chi connectivity index (χ3n) is 4.25. The summed E-state index contributed by atoms with van der Waals surface area (Å²) in [6.45, 7) is -0.143. The highest BCUT2D eigenvalue weighted by atomic mass is 16.6. The lowest BCUT2D eigenvalue weighted by atomic mass is 10.1. The highest BCUT2D eigenvalue weighted by molar-refractivity contribution is 5.76. The molecule has 3 rings (SSSR count). The lowest BCUT2D eigenvalue weighted by Gasteiger charge is -2.12. The molecule has 0 radical (unpaired) electrons. The minimum atomic E-state index is -0.481. The van der Waals surface area contributed by atoms with Crippen LogP contribution in [-0.2, 0) is 11.3 Å². The second-order valence-corrected chi connectivity index (χ2v) is 6.07. The SMILES string of the molecule is O=C(Cn1nc(-c2ccc([N+](=O)[O-])cc2)ccc1=O)NC1CCCC1. The highest BCUT2D eigenvalue weighted by Gasteiger charge is 2.18. The Morgan fingerprint density at radius 2 is 1.88 bits per heavy atom. The molecule has 1 heterocycles. The fourth-order valence-corrected chi connectivity index (χ4v) is 2.95. The zero-order chi connectivity index (χ0) is 17.8. The van der Waals surface area contributed by atoms with Gasteiger partial charge in [0.05, 0.1) is 10.6 Å². The molecule has 25 heavy (non-hydrogen) atoms. The van der Waals surface area contributed by atoms with Gasteiger partial charge in [0.1, 0.15) is 6.54 Å². The molecular weight excluding hydrogens is 324 g/mol. The molecular formula is C17H18N4O4. The van der Waals surface area contributed by atoms with E-state index in [1.54, 1.807) is 12.1 Å². The van der Waals surface area contributed by atoms with Gasteiger partial charge in [-0.05, 0) is 31.0 Å². The van der Waals surface area contributed by atoms with E-state index in [2.05, 4.69) is 10.4 Å². The van der Waals surface area contributed by atoms with Gasteiger partial charge in [-0.25, -0.2) is 4.68 Å². The number of hydrogen-bond donors (Lipinski definition) is 1. The van der Waals surface area contributed by atoms with Crippen LogP contribution in [0.4, 0.5) is 5.69 Å². The Morgan fingerprint density at radius 1 is 1.20 bits per heavy atom. The second-order valence-electron chi connectivity index (χ2n) is 6.07. The molecule has 1 aliphatic rings. The van der Waals surface area contributed by atoms with Crippen LogP contribution < -0.4 is 10.9 Å². The van der Waals surface area contributed by atoms with Crippen LogP contribution in [0, 0.1) is 10.1 Å². The smallest absolute Gasteiger partial charge is 0.269 e. The zero-order valence-electron chi connectivity index (χ0n) is 13.6. The average Bonchev–Trinajstić information content (AvgIpc) is 3.10. The maximum atomic E-state index is 12.1. The third-order valence-corrected chi connectivity index (χ3v) is 4.25. The van der Waals surface area contributed by atoms with Gasteiger partial charge < -0.3 is 5.32 Å². The van der Waals surface area contributed by atoms with Crippen molar-refractivity contribution in [2.75, 3.05) is 0 Å². The second kappa shape index (κ2) is 7.25. The van der Waals surface area contributed by atoms with Gasteiger partial charge in [0.15, 0.2) is 0 Å². The Hall–Kier alpha value is -3.03. The van der Waals surface area contributed by atoms with Crippen LogP contribution >= 0.6 is 0 Å². The van der Waals surface area contributed by atoms with Crippen LogP contribution in [-0.4, -0.2) is 26.7 Å². The van der Waals surface area contributed by atoms with E-state index in [0.717, 1.165) is 30.4 Å². The van der Waals surface area contributed by atoms with Gasteiger partial charge >= 0.3 is 0 Å². The highest BCUT2D eigenvalue weighted by Crippen LogP contribution is 2.20. The molecule has 8 nitrogen and oxygen atoms in total. The fraction of sp³-hybridized carbons (Fsp3) is 0.353. The van der Waals surface area contributed by atoms with Gasteiger partial charge in [0.25, 0.3) is 11.2 Å². The molecule has 1 aromatic carbocycles. The van der Waals surface area contributed by atoms with Crippen LogP contribution in [0.15, 0.2) is 41.2 Å². The van der Waals surface area contributed by atoms with Crippen molar-refractivity contribution in [3.8, 4) is 11.3 Å². The summed E-state index contributed by atoms with van der Waals surface area (Å²) in [6.07, 6.45) is 4.16. The molecule has 0 saturated heterocycles. The Morgan fingerprint density at radius 3 is 2.52 bits per heavy atom. The summed E-state index contributed by atoms with van der Waals surface area (Å²) in [5, 5.41) is 17.8. The summed E-state index contributed by atoms with van der Waals surface area (Å²) in [5.41, 5.74) is 0.721. The number of benzene rings is 1. The maximum absolute atomic E-state index is 12.1.